The molecule has 4 rings (SSSR count). The minimum Gasteiger partial charge on any atom is -0.354 e. The maximum Gasteiger partial charge on any atom is 0.264 e. The average Bonchev–Trinajstić information content (AvgIpc) is 3.02. The van der Waals surface area contributed by atoms with E-state index in [0.29, 0.717) is 33.6 Å². The van der Waals surface area contributed by atoms with Crippen LogP contribution in [0.15, 0.2) is 108 Å². The first-order valence-electron chi connectivity index (χ1n) is 14.0. The van der Waals surface area contributed by atoms with Gasteiger partial charge in [0.25, 0.3) is 10.0 Å². The van der Waals surface area contributed by atoms with E-state index in [1.54, 1.807) is 48.5 Å². The molecule has 0 aliphatic heterocycles. The number of hydrogen-bond donors (Lipinski definition) is 1. The minimum absolute atomic E-state index is 0.0409. The molecule has 7 nitrogen and oxygen atoms in total. The summed E-state index contributed by atoms with van der Waals surface area (Å²) in [6, 6.07) is 27.3. The molecule has 0 fully saturated rings. The largest absolute Gasteiger partial charge is 0.354 e. The van der Waals surface area contributed by atoms with Gasteiger partial charge in [-0.1, -0.05) is 96.3 Å². The third-order valence-electron chi connectivity index (χ3n) is 6.94. The number of halogens is 3. The van der Waals surface area contributed by atoms with Crippen LogP contribution < -0.4 is 9.62 Å². The second kappa shape index (κ2) is 15.4. The molecule has 4 aromatic carbocycles. The van der Waals surface area contributed by atoms with Crippen LogP contribution in [0, 0.1) is 0 Å². The average molecular weight is 673 g/mol. The van der Waals surface area contributed by atoms with Crippen LogP contribution in [0.3, 0.4) is 0 Å². The Bertz CT molecular complexity index is 1650. The molecule has 44 heavy (non-hydrogen) atoms. The number of amides is 2. The molecule has 1 unspecified atom stereocenters. The zero-order valence-electron chi connectivity index (χ0n) is 24.0. The summed E-state index contributed by atoms with van der Waals surface area (Å²) in [5.74, 6) is -0.992. The molecule has 0 aliphatic carbocycles. The molecule has 0 aromatic heterocycles. The number of carbonyl (C=O) groups is 2. The maximum atomic E-state index is 14.4. The van der Waals surface area contributed by atoms with Crippen molar-refractivity contribution < 1.29 is 18.0 Å². The van der Waals surface area contributed by atoms with Crippen LogP contribution >= 0.6 is 34.8 Å². The lowest BCUT2D eigenvalue weighted by Crippen LogP contribution is -2.53. The van der Waals surface area contributed by atoms with Crippen LogP contribution in [0.5, 0.6) is 0 Å². The fourth-order valence-corrected chi connectivity index (χ4v) is 6.69. The zero-order valence-corrected chi connectivity index (χ0v) is 27.1. The number of nitrogens with zero attached hydrogens (tertiary/aromatic N) is 2. The Kier molecular flexibility index (Phi) is 11.7. The van der Waals surface area contributed by atoms with Gasteiger partial charge in [-0.15, -0.1) is 0 Å². The molecule has 0 heterocycles. The molecule has 0 aliphatic rings. The summed E-state index contributed by atoms with van der Waals surface area (Å²) in [7, 11) is -4.23. The number of carbonyl (C=O) groups excluding carboxylic acids is 2. The summed E-state index contributed by atoms with van der Waals surface area (Å²) >= 11 is 19.1. The van der Waals surface area contributed by atoms with E-state index in [0.717, 1.165) is 9.87 Å². The van der Waals surface area contributed by atoms with Crippen molar-refractivity contribution in [3.05, 3.63) is 129 Å². The standard InChI is InChI=1S/C33H32Cl3N3O4S/c1-2-20-37-33(41)31(21-24-10-5-3-6-11-24)38(22-28-29(35)14-9-15-30(28)36)32(40)23-39(26-12-7-4-8-13-26)44(42,43)27-18-16-25(34)17-19-27/h3-19,31H,2,20-23H2,1H3,(H,37,41). The molecule has 11 heteroatoms. The molecule has 2 amide bonds. The van der Waals surface area contributed by atoms with Gasteiger partial charge in [0.1, 0.15) is 12.6 Å². The summed E-state index contributed by atoms with van der Waals surface area (Å²) < 4.78 is 29.0. The van der Waals surface area contributed by atoms with Gasteiger partial charge in [-0.2, -0.15) is 0 Å². The normalized spacial score (nSPS) is 11.9. The molecule has 230 valence electrons. The van der Waals surface area contributed by atoms with Gasteiger partial charge < -0.3 is 10.2 Å². The Morgan fingerprint density at radius 2 is 1.39 bits per heavy atom. The Balaban J connectivity index is 1.81. The second-order valence-electron chi connectivity index (χ2n) is 10.0. The Labute approximate surface area is 273 Å². The topological polar surface area (TPSA) is 86.8 Å². The van der Waals surface area contributed by atoms with Crippen molar-refractivity contribution in [3.8, 4) is 0 Å². The van der Waals surface area contributed by atoms with Gasteiger partial charge in [0, 0.05) is 40.1 Å². The lowest BCUT2D eigenvalue weighted by Gasteiger charge is -2.34. The first-order chi connectivity index (χ1) is 21.1. The third kappa shape index (κ3) is 8.33. The van der Waals surface area contributed by atoms with Crippen LogP contribution in [0.4, 0.5) is 5.69 Å². The summed E-state index contributed by atoms with van der Waals surface area (Å²) in [6.45, 7) is 1.61. The van der Waals surface area contributed by atoms with Crippen LogP contribution in [-0.4, -0.2) is 44.3 Å². The van der Waals surface area contributed by atoms with Gasteiger partial charge in [-0.25, -0.2) is 8.42 Å². The van der Waals surface area contributed by atoms with E-state index in [1.807, 2.05) is 37.3 Å². The van der Waals surface area contributed by atoms with Gasteiger partial charge in [0.2, 0.25) is 11.8 Å². The van der Waals surface area contributed by atoms with E-state index in [9.17, 15) is 18.0 Å². The number of hydrogen-bond acceptors (Lipinski definition) is 4. The fraction of sp³-hybridized carbons (Fsp3) is 0.212. The highest BCUT2D eigenvalue weighted by atomic mass is 35.5. The number of para-hydroxylation sites is 1. The summed E-state index contributed by atoms with van der Waals surface area (Å²) in [5, 5.41) is 3.91. The predicted molar refractivity (Wildman–Crippen MR) is 177 cm³/mol. The Morgan fingerprint density at radius 3 is 1.98 bits per heavy atom. The van der Waals surface area contributed by atoms with Crippen LogP contribution in [0.2, 0.25) is 15.1 Å². The highest BCUT2D eigenvalue weighted by Gasteiger charge is 2.35. The van der Waals surface area contributed by atoms with E-state index < -0.39 is 28.5 Å². The Morgan fingerprint density at radius 1 is 0.795 bits per heavy atom. The number of nitrogens with one attached hydrogen (secondary N) is 1. The van der Waals surface area contributed by atoms with Gasteiger partial charge in [-0.05, 0) is 60.5 Å². The second-order valence-corrected chi connectivity index (χ2v) is 13.1. The van der Waals surface area contributed by atoms with Crippen LogP contribution in [0.25, 0.3) is 0 Å². The molecule has 4 aromatic rings. The van der Waals surface area contributed by atoms with Crippen molar-refractivity contribution in [1.29, 1.82) is 0 Å². The fourth-order valence-electron chi connectivity index (χ4n) is 4.63. The van der Waals surface area contributed by atoms with Gasteiger partial charge in [0.15, 0.2) is 0 Å². The molecular weight excluding hydrogens is 641 g/mol. The van der Waals surface area contributed by atoms with E-state index in [-0.39, 0.29) is 29.5 Å². The predicted octanol–water partition coefficient (Wildman–Crippen LogP) is 7.01. The van der Waals surface area contributed by atoms with Crippen molar-refractivity contribution in [2.75, 3.05) is 17.4 Å². The summed E-state index contributed by atoms with van der Waals surface area (Å²) in [6.07, 6.45) is 0.870. The summed E-state index contributed by atoms with van der Waals surface area (Å²) in [5.41, 5.74) is 1.54. The molecule has 0 bridgehead atoms. The molecule has 1 N–H and O–H groups in total. The lowest BCUT2D eigenvalue weighted by molar-refractivity contribution is -0.140. The van der Waals surface area contributed by atoms with E-state index in [4.69, 9.17) is 34.8 Å². The van der Waals surface area contributed by atoms with Crippen molar-refractivity contribution in [1.82, 2.24) is 10.2 Å². The third-order valence-corrected chi connectivity index (χ3v) is 9.68. The minimum atomic E-state index is -4.23. The first kappa shape index (κ1) is 33.3. The van der Waals surface area contributed by atoms with E-state index >= 15 is 0 Å². The SMILES string of the molecule is CCCNC(=O)C(Cc1ccccc1)N(Cc1c(Cl)cccc1Cl)C(=O)CN(c1ccccc1)S(=O)(=O)c1ccc(Cl)cc1. The summed E-state index contributed by atoms with van der Waals surface area (Å²) in [4.78, 5) is 29.5. The van der Waals surface area contributed by atoms with Crippen molar-refractivity contribution in [2.24, 2.45) is 0 Å². The van der Waals surface area contributed by atoms with E-state index in [2.05, 4.69) is 5.32 Å². The monoisotopic (exact) mass is 671 g/mol. The molecule has 1 atom stereocenters. The van der Waals surface area contributed by atoms with Crippen molar-refractivity contribution in [3.63, 3.8) is 0 Å². The molecule has 0 saturated carbocycles. The van der Waals surface area contributed by atoms with Crippen LogP contribution in [0.1, 0.15) is 24.5 Å². The number of rotatable bonds is 13. The molecule has 0 radical (unpaired) electrons. The van der Waals surface area contributed by atoms with Crippen molar-refractivity contribution in [2.45, 2.75) is 37.2 Å². The van der Waals surface area contributed by atoms with Gasteiger partial charge >= 0.3 is 0 Å². The van der Waals surface area contributed by atoms with Gasteiger partial charge in [0.05, 0.1) is 10.6 Å². The molecule has 0 saturated heterocycles. The highest BCUT2D eigenvalue weighted by molar-refractivity contribution is 7.92. The molecule has 0 spiro atoms. The first-order valence-corrected chi connectivity index (χ1v) is 16.6. The maximum absolute atomic E-state index is 14.4. The van der Waals surface area contributed by atoms with E-state index in [1.165, 1.54) is 29.2 Å². The zero-order chi connectivity index (χ0) is 31.7. The molecular formula is C33H32Cl3N3O4S. The van der Waals surface area contributed by atoms with Gasteiger partial charge in [-0.3, -0.25) is 13.9 Å². The number of anilines is 1. The smallest absolute Gasteiger partial charge is 0.264 e. The lowest BCUT2D eigenvalue weighted by atomic mass is 10.0. The highest BCUT2D eigenvalue weighted by Crippen LogP contribution is 2.29. The number of benzene rings is 4. The Hall–Kier alpha value is -3.56. The quantitative estimate of drug-likeness (QED) is 0.166. The number of sulfonamides is 1. The van der Waals surface area contributed by atoms with Crippen molar-refractivity contribution >= 4 is 62.3 Å². The van der Waals surface area contributed by atoms with Crippen LogP contribution in [-0.2, 0) is 32.6 Å².